The summed E-state index contributed by atoms with van der Waals surface area (Å²) in [5.74, 6) is 0.834. The molecule has 0 saturated carbocycles. The molecule has 0 bridgehead atoms. The summed E-state index contributed by atoms with van der Waals surface area (Å²) in [5, 5.41) is 3.59. The molecular weight excluding hydrogens is 244 g/mol. The molecule has 2 heteroatoms. The van der Waals surface area contributed by atoms with Gasteiger partial charge < -0.3 is 10.2 Å². The van der Waals surface area contributed by atoms with Crippen LogP contribution in [0.15, 0.2) is 24.3 Å². The van der Waals surface area contributed by atoms with Crippen LogP contribution in [0.4, 0.5) is 0 Å². The van der Waals surface area contributed by atoms with Gasteiger partial charge in [-0.25, -0.2) is 0 Å². The summed E-state index contributed by atoms with van der Waals surface area (Å²) in [4.78, 5) is 2.61. The van der Waals surface area contributed by atoms with Crippen molar-refractivity contribution in [1.29, 1.82) is 0 Å². The van der Waals surface area contributed by atoms with Crippen LogP contribution in [0.1, 0.15) is 37.8 Å². The fourth-order valence-electron chi connectivity index (χ4n) is 2.94. The molecule has 1 aromatic carbocycles. The van der Waals surface area contributed by atoms with Gasteiger partial charge in [-0.1, -0.05) is 38.1 Å². The van der Waals surface area contributed by atoms with Gasteiger partial charge in [0.15, 0.2) is 0 Å². The van der Waals surface area contributed by atoms with Crippen molar-refractivity contribution in [3.8, 4) is 0 Å². The van der Waals surface area contributed by atoms with Gasteiger partial charge in [-0.2, -0.15) is 0 Å². The van der Waals surface area contributed by atoms with E-state index >= 15 is 0 Å². The van der Waals surface area contributed by atoms with Gasteiger partial charge in [0.2, 0.25) is 0 Å². The second-order valence-electron chi connectivity index (χ2n) is 6.40. The zero-order valence-electron chi connectivity index (χ0n) is 13.2. The van der Waals surface area contributed by atoms with Crippen molar-refractivity contribution in [1.82, 2.24) is 10.2 Å². The first-order valence-corrected chi connectivity index (χ1v) is 8.25. The molecule has 0 unspecified atom stereocenters. The highest BCUT2D eigenvalue weighted by Gasteiger charge is 2.12. The van der Waals surface area contributed by atoms with Gasteiger partial charge in [0.1, 0.15) is 0 Å². The van der Waals surface area contributed by atoms with E-state index in [0.717, 1.165) is 12.5 Å². The van der Waals surface area contributed by atoms with E-state index in [1.165, 1.54) is 51.9 Å². The summed E-state index contributed by atoms with van der Waals surface area (Å²) in [6.45, 7) is 10.5. The Labute approximate surface area is 124 Å². The molecular formula is C18H30N2. The van der Waals surface area contributed by atoms with Crippen LogP contribution in [0.3, 0.4) is 0 Å². The molecule has 0 amide bonds. The van der Waals surface area contributed by atoms with Gasteiger partial charge in [-0.15, -0.1) is 0 Å². The van der Waals surface area contributed by atoms with Gasteiger partial charge in [-0.05, 0) is 49.3 Å². The van der Waals surface area contributed by atoms with Crippen molar-refractivity contribution in [2.75, 3.05) is 32.7 Å². The zero-order valence-corrected chi connectivity index (χ0v) is 13.2. The molecule has 0 saturated heterocycles. The Morgan fingerprint density at radius 2 is 1.70 bits per heavy atom. The quantitative estimate of drug-likeness (QED) is 0.769. The molecule has 1 N–H and O–H groups in total. The molecule has 0 aromatic heterocycles. The summed E-state index contributed by atoms with van der Waals surface area (Å²) in [7, 11) is 0. The van der Waals surface area contributed by atoms with E-state index < -0.39 is 0 Å². The van der Waals surface area contributed by atoms with E-state index in [-0.39, 0.29) is 0 Å². The van der Waals surface area contributed by atoms with Crippen molar-refractivity contribution in [2.24, 2.45) is 5.92 Å². The number of benzene rings is 1. The van der Waals surface area contributed by atoms with Crippen molar-refractivity contribution < 1.29 is 0 Å². The minimum atomic E-state index is 0.834. The van der Waals surface area contributed by atoms with Crippen molar-refractivity contribution in [2.45, 2.75) is 39.5 Å². The topological polar surface area (TPSA) is 15.3 Å². The van der Waals surface area contributed by atoms with E-state index in [1.54, 1.807) is 11.1 Å². The Balaban J connectivity index is 1.61. The van der Waals surface area contributed by atoms with E-state index in [9.17, 15) is 0 Å². The lowest BCUT2D eigenvalue weighted by Crippen LogP contribution is -2.34. The van der Waals surface area contributed by atoms with Crippen LogP contribution in [-0.4, -0.2) is 37.6 Å². The van der Waals surface area contributed by atoms with Gasteiger partial charge in [0.25, 0.3) is 0 Å². The second kappa shape index (κ2) is 8.43. The average molecular weight is 274 g/mol. The van der Waals surface area contributed by atoms with Crippen LogP contribution in [0.5, 0.6) is 0 Å². The maximum absolute atomic E-state index is 3.59. The van der Waals surface area contributed by atoms with E-state index in [4.69, 9.17) is 0 Å². The van der Waals surface area contributed by atoms with Crippen molar-refractivity contribution in [3.05, 3.63) is 35.4 Å². The summed E-state index contributed by atoms with van der Waals surface area (Å²) in [5.41, 5.74) is 3.11. The molecule has 0 spiro atoms. The number of hydrogen-bond acceptors (Lipinski definition) is 2. The van der Waals surface area contributed by atoms with E-state index in [0.29, 0.717) is 0 Å². The molecule has 0 atom stereocenters. The third kappa shape index (κ3) is 5.26. The highest BCUT2D eigenvalue weighted by molar-refractivity contribution is 5.28. The predicted octanol–water partition coefficient (Wildman–Crippen LogP) is 3.11. The summed E-state index contributed by atoms with van der Waals surface area (Å²) in [6, 6.07) is 8.93. The number of hydrogen-bond donors (Lipinski definition) is 1. The molecule has 2 rings (SSSR count). The number of fused-ring (bicyclic) bond motifs is 1. The smallest absolute Gasteiger partial charge is 0.0107 e. The summed E-state index contributed by atoms with van der Waals surface area (Å²) >= 11 is 0. The van der Waals surface area contributed by atoms with Gasteiger partial charge in [0.05, 0.1) is 0 Å². The molecule has 20 heavy (non-hydrogen) atoms. The molecule has 1 aliphatic rings. The molecule has 112 valence electrons. The minimum Gasteiger partial charge on any atom is -0.315 e. The monoisotopic (exact) mass is 274 g/mol. The first-order chi connectivity index (χ1) is 9.75. The van der Waals surface area contributed by atoms with Crippen LogP contribution in [0.2, 0.25) is 0 Å². The maximum atomic E-state index is 3.59. The average Bonchev–Trinajstić information content (AvgIpc) is 2.65. The Morgan fingerprint density at radius 3 is 2.30 bits per heavy atom. The lowest BCUT2D eigenvalue weighted by atomic mass is 10.0. The SMILES string of the molecule is CC(C)CCCNCCN1CCc2ccccc2CC1. The molecule has 0 aliphatic carbocycles. The largest absolute Gasteiger partial charge is 0.315 e. The fourth-order valence-corrected chi connectivity index (χ4v) is 2.94. The first kappa shape index (κ1) is 15.5. The molecule has 0 radical (unpaired) electrons. The molecule has 0 fully saturated rings. The van der Waals surface area contributed by atoms with Crippen molar-refractivity contribution in [3.63, 3.8) is 0 Å². The van der Waals surface area contributed by atoms with Gasteiger partial charge in [-0.3, -0.25) is 0 Å². The zero-order chi connectivity index (χ0) is 14.2. The maximum Gasteiger partial charge on any atom is 0.0107 e. The Morgan fingerprint density at radius 1 is 1.05 bits per heavy atom. The van der Waals surface area contributed by atoms with Crippen LogP contribution in [-0.2, 0) is 12.8 Å². The normalized spacial score (nSPS) is 16.1. The van der Waals surface area contributed by atoms with Crippen molar-refractivity contribution >= 4 is 0 Å². The molecule has 2 nitrogen and oxygen atoms in total. The van der Waals surface area contributed by atoms with Gasteiger partial charge in [0, 0.05) is 26.2 Å². The fraction of sp³-hybridized carbons (Fsp3) is 0.667. The van der Waals surface area contributed by atoms with E-state index in [2.05, 4.69) is 48.3 Å². The Kier molecular flexibility index (Phi) is 6.55. The lowest BCUT2D eigenvalue weighted by Gasteiger charge is -2.19. The summed E-state index contributed by atoms with van der Waals surface area (Å²) < 4.78 is 0. The van der Waals surface area contributed by atoms with Crippen LogP contribution in [0.25, 0.3) is 0 Å². The Hall–Kier alpha value is -0.860. The highest BCUT2D eigenvalue weighted by atomic mass is 15.1. The third-order valence-corrected chi connectivity index (χ3v) is 4.25. The second-order valence-corrected chi connectivity index (χ2v) is 6.40. The molecule has 1 aromatic rings. The van der Waals surface area contributed by atoms with Crippen LogP contribution >= 0.6 is 0 Å². The molecule has 1 heterocycles. The standard InChI is InChI=1S/C18H30N2/c1-16(2)6-5-11-19-12-15-20-13-9-17-7-3-4-8-18(17)10-14-20/h3-4,7-8,16,19H,5-6,9-15H2,1-2H3. The minimum absolute atomic E-state index is 0.834. The number of nitrogens with zero attached hydrogens (tertiary/aromatic N) is 1. The van der Waals surface area contributed by atoms with Crippen LogP contribution < -0.4 is 5.32 Å². The van der Waals surface area contributed by atoms with Gasteiger partial charge >= 0.3 is 0 Å². The summed E-state index contributed by atoms with van der Waals surface area (Å²) in [6.07, 6.45) is 5.07. The van der Waals surface area contributed by atoms with Crippen LogP contribution in [0, 0.1) is 5.92 Å². The highest BCUT2D eigenvalue weighted by Crippen LogP contribution is 2.15. The first-order valence-electron chi connectivity index (χ1n) is 8.25. The molecule has 1 aliphatic heterocycles. The lowest BCUT2D eigenvalue weighted by molar-refractivity contribution is 0.286. The number of nitrogens with one attached hydrogen (secondary N) is 1. The Bertz CT molecular complexity index is 360. The third-order valence-electron chi connectivity index (χ3n) is 4.25. The predicted molar refractivity (Wildman–Crippen MR) is 87.2 cm³/mol. The number of rotatable bonds is 7. The van der Waals surface area contributed by atoms with E-state index in [1.807, 2.05) is 0 Å².